The Kier molecular flexibility index (Phi) is 12.5. The molecule has 2 aliphatic heterocycles. The van der Waals surface area contributed by atoms with Gasteiger partial charge in [-0.05, 0) is 93.6 Å². The topological polar surface area (TPSA) is 181 Å². The SMILES string of the molecule is CN[C@H](C)C(=O)N[C@H]1CN(C(=O)C2(C(=O)Nc3ccc(Oc4ccnc5cc(OC)c(OC)cc45)cc3)CC2)CC[C@]2(C(=O)NC(c3ccccc3)c3ccccc3)CCCN2C1=O. The fraction of sp³-hybridized carbons (Fsp3) is 0.347. The maximum Gasteiger partial charge on any atom is 0.247 e. The van der Waals surface area contributed by atoms with Crippen LogP contribution in [0.1, 0.15) is 56.2 Å². The van der Waals surface area contributed by atoms with Crippen LogP contribution in [0, 0.1) is 5.41 Å². The van der Waals surface area contributed by atoms with E-state index in [1.807, 2.05) is 60.7 Å². The quantitative estimate of drug-likeness (QED) is 0.106. The highest BCUT2D eigenvalue weighted by Crippen LogP contribution is 2.49. The molecule has 0 radical (unpaired) electrons. The van der Waals surface area contributed by atoms with E-state index in [9.17, 15) is 24.0 Å². The second-order valence-corrected chi connectivity index (χ2v) is 16.6. The molecule has 3 heterocycles. The summed E-state index contributed by atoms with van der Waals surface area (Å²) >= 11 is 0. The molecule has 5 amide bonds. The van der Waals surface area contributed by atoms with E-state index in [-0.39, 0.29) is 25.4 Å². The number of nitrogens with one attached hydrogen (secondary N) is 4. The van der Waals surface area contributed by atoms with Gasteiger partial charge in [-0.2, -0.15) is 0 Å². The molecule has 1 aliphatic carbocycles. The van der Waals surface area contributed by atoms with E-state index in [4.69, 9.17) is 14.2 Å². The Labute approximate surface area is 371 Å². The smallest absolute Gasteiger partial charge is 0.247 e. The molecule has 3 atom stereocenters. The summed E-state index contributed by atoms with van der Waals surface area (Å²) in [6.07, 6.45) is 3.30. The van der Waals surface area contributed by atoms with E-state index in [1.165, 1.54) is 4.90 Å². The molecule has 4 aromatic carbocycles. The van der Waals surface area contributed by atoms with Gasteiger partial charge in [-0.3, -0.25) is 29.0 Å². The zero-order valence-electron chi connectivity index (χ0n) is 36.4. The standard InChI is InChI=1S/C49H53N7O8/c1-31(50-2)43(57)53-38-30-55(27-24-49(21-11-26-56(49)44(38)58)46(60)54-42(32-12-7-5-8-13-32)33-14-9-6-10-15-33)47(61)48(22-23-48)45(59)52-34-16-18-35(19-17-34)64-39-20-25-51-37-29-41(63-4)40(62-3)28-36(37)39/h5-10,12-20,25,28-29,31,38,42,50H,11,21-24,26-27,30H2,1-4H3,(H,52,59)(H,53,57)(H,54,60)/t31-,38+,49+/m1/s1. The van der Waals surface area contributed by atoms with Crippen LogP contribution in [0.3, 0.4) is 0 Å². The van der Waals surface area contributed by atoms with Crippen molar-refractivity contribution >= 4 is 46.1 Å². The molecule has 5 aromatic rings. The predicted octanol–water partition coefficient (Wildman–Crippen LogP) is 5.36. The van der Waals surface area contributed by atoms with Crippen LogP contribution < -0.4 is 35.5 Å². The zero-order valence-corrected chi connectivity index (χ0v) is 36.4. The lowest BCUT2D eigenvalue weighted by atomic mass is 9.87. The molecule has 15 nitrogen and oxygen atoms in total. The van der Waals surface area contributed by atoms with Crippen LogP contribution >= 0.6 is 0 Å². The summed E-state index contributed by atoms with van der Waals surface area (Å²) < 4.78 is 17.1. The van der Waals surface area contributed by atoms with Crippen LogP contribution in [-0.2, 0) is 24.0 Å². The van der Waals surface area contributed by atoms with Crippen molar-refractivity contribution < 1.29 is 38.2 Å². The van der Waals surface area contributed by atoms with Crippen LogP contribution in [0.15, 0.2) is 109 Å². The first-order chi connectivity index (χ1) is 31.0. The number of anilines is 1. The minimum absolute atomic E-state index is 0.0781. The number of carbonyl (C=O) groups is 5. The van der Waals surface area contributed by atoms with Gasteiger partial charge in [0, 0.05) is 43.0 Å². The van der Waals surface area contributed by atoms with Crippen molar-refractivity contribution in [1.82, 2.24) is 30.7 Å². The lowest BCUT2D eigenvalue weighted by molar-refractivity contribution is -0.154. The highest BCUT2D eigenvalue weighted by atomic mass is 16.5. The van der Waals surface area contributed by atoms with Gasteiger partial charge in [0.2, 0.25) is 29.5 Å². The van der Waals surface area contributed by atoms with Crippen molar-refractivity contribution in [2.75, 3.05) is 46.2 Å². The van der Waals surface area contributed by atoms with Gasteiger partial charge >= 0.3 is 0 Å². The number of hydrogen-bond acceptors (Lipinski definition) is 10. The number of amides is 5. The molecule has 0 unspecified atom stereocenters. The van der Waals surface area contributed by atoms with Crippen molar-refractivity contribution in [2.45, 2.75) is 62.7 Å². The van der Waals surface area contributed by atoms with Crippen LogP contribution in [0.4, 0.5) is 5.69 Å². The number of likely N-dealkylation sites (N-methyl/N-ethyl adjacent to an activating group) is 1. The van der Waals surface area contributed by atoms with Crippen molar-refractivity contribution in [3.63, 3.8) is 0 Å². The Morgan fingerprint density at radius 1 is 0.781 bits per heavy atom. The summed E-state index contributed by atoms with van der Waals surface area (Å²) in [5.74, 6) is -0.0460. The second kappa shape index (κ2) is 18.4. The van der Waals surface area contributed by atoms with Crippen LogP contribution in [0.25, 0.3) is 10.9 Å². The number of methoxy groups -OCH3 is 2. The normalized spacial score (nSPS) is 19.5. The average molecular weight is 868 g/mol. The number of rotatable bonds is 14. The Morgan fingerprint density at radius 2 is 1.44 bits per heavy atom. The fourth-order valence-electron chi connectivity index (χ4n) is 8.83. The van der Waals surface area contributed by atoms with Gasteiger partial charge in [-0.15, -0.1) is 0 Å². The second-order valence-electron chi connectivity index (χ2n) is 16.6. The Hall–Kier alpha value is -7.00. The summed E-state index contributed by atoms with van der Waals surface area (Å²) in [6.45, 7) is 1.91. The fourth-order valence-corrected chi connectivity index (χ4v) is 8.83. The van der Waals surface area contributed by atoms with E-state index in [0.717, 1.165) is 11.1 Å². The minimum Gasteiger partial charge on any atom is -0.493 e. The first-order valence-corrected chi connectivity index (χ1v) is 21.6. The van der Waals surface area contributed by atoms with E-state index in [2.05, 4.69) is 26.3 Å². The summed E-state index contributed by atoms with van der Waals surface area (Å²) in [6, 6.07) is 29.1. The van der Waals surface area contributed by atoms with Crippen LogP contribution in [-0.4, -0.2) is 103 Å². The van der Waals surface area contributed by atoms with Crippen molar-refractivity contribution in [2.24, 2.45) is 5.41 Å². The highest BCUT2D eigenvalue weighted by molar-refractivity contribution is 6.13. The molecule has 8 rings (SSSR count). The molecule has 332 valence electrons. The predicted molar refractivity (Wildman–Crippen MR) is 240 cm³/mol. The van der Waals surface area contributed by atoms with Gasteiger partial charge < -0.3 is 45.3 Å². The van der Waals surface area contributed by atoms with Crippen LogP contribution in [0.2, 0.25) is 0 Å². The summed E-state index contributed by atoms with van der Waals surface area (Å²) in [5.41, 5.74) is 0.146. The lowest BCUT2D eigenvalue weighted by Crippen LogP contribution is -2.67. The molecule has 0 spiro atoms. The van der Waals surface area contributed by atoms with Gasteiger partial charge in [0.15, 0.2) is 11.5 Å². The van der Waals surface area contributed by atoms with Crippen molar-refractivity contribution in [3.05, 3.63) is 120 Å². The first kappa shape index (κ1) is 43.6. The molecular formula is C49H53N7O8. The maximum atomic E-state index is 14.9. The zero-order chi connectivity index (χ0) is 45.0. The number of nitrogens with zero attached hydrogens (tertiary/aromatic N) is 3. The third kappa shape index (κ3) is 8.54. The first-order valence-electron chi connectivity index (χ1n) is 21.6. The Balaban J connectivity index is 1.03. The van der Waals surface area contributed by atoms with Crippen LogP contribution in [0.5, 0.6) is 23.0 Å². The summed E-state index contributed by atoms with van der Waals surface area (Å²) in [5, 5.41) is 12.7. The number of fused-ring (bicyclic) bond motifs is 2. The molecule has 2 saturated heterocycles. The van der Waals surface area contributed by atoms with E-state index < -0.39 is 52.7 Å². The van der Waals surface area contributed by atoms with Gasteiger partial charge in [0.05, 0.1) is 31.8 Å². The number of carbonyl (C=O) groups excluding carboxylic acids is 5. The lowest BCUT2D eigenvalue weighted by Gasteiger charge is -2.44. The summed E-state index contributed by atoms with van der Waals surface area (Å²) in [7, 11) is 4.75. The molecule has 1 aromatic heterocycles. The molecule has 1 saturated carbocycles. The van der Waals surface area contributed by atoms with Gasteiger partial charge in [-0.1, -0.05) is 60.7 Å². The van der Waals surface area contributed by atoms with E-state index >= 15 is 0 Å². The molecule has 4 N–H and O–H groups in total. The average Bonchev–Trinajstić information content (AvgIpc) is 4.04. The van der Waals surface area contributed by atoms with Crippen molar-refractivity contribution in [1.29, 1.82) is 0 Å². The number of aromatic nitrogens is 1. The Morgan fingerprint density at radius 3 is 2.06 bits per heavy atom. The molecule has 3 aliphatic rings. The minimum atomic E-state index is -1.39. The highest BCUT2D eigenvalue weighted by Gasteiger charge is 2.60. The number of hydrogen-bond donors (Lipinski definition) is 4. The Bertz CT molecular complexity index is 2500. The maximum absolute atomic E-state index is 14.9. The monoisotopic (exact) mass is 867 g/mol. The summed E-state index contributed by atoms with van der Waals surface area (Å²) in [4.78, 5) is 79.4. The number of ether oxygens (including phenoxy) is 3. The van der Waals surface area contributed by atoms with Crippen molar-refractivity contribution in [3.8, 4) is 23.0 Å². The van der Waals surface area contributed by atoms with Gasteiger partial charge in [-0.25, -0.2) is 0 Å². The number of pyridine rings is 1. The third-order valence-corrected chi connectivity index (χ3v) is 12.8. The molecule has 0 bridgehead atoms. The van der Waals surface area contributed by atoms with Gasteiger partial charge in [0.1, 0.15) is 28.5 Å². The molecular weight excluding hydrogens is 815 g/mol. The third-order valence-electron chi connectivity index (χ3n) is 12.8. The molecule has 15 heteroatoms. The van der Waals surface area contributed by atoms with Gasteiger partial charge in [0.25, 0.3) is 0 Å². The number of benzene rings is 4. The largest absolute Gasteiger partial charge is 0.493 e. The van der Waals surface area contributed by atoms with E-state index in [0.29, 0.717) is 71.8 Å². The molecule has 3 fully saturated rings. The molecule has 64 heavy (non-hydrogen) atoms. The van der Waals surface area contributed by atoms with E-state index in [1.54, 1.807) is 81.8 Å².